The van der Waals surface area contributed by atoms with E-state index in [0.717, 1.165) is 18.2 Å². The van der Waals surface area contributed by atoms with E-state index in [4.69, 9.17) is 5.73 Å². The molecule has 8 nitrogen and oxygen atoms in total. The fourth-order valence-corrected chi connectivity index (χ4v) is 3.95. The van der Waals surface area contributed by atoms with Gasteiger partial charge in [-0.2, -0.15) is 0 Å². The highest BCUT2D eigenvalue weighted by molar-refractivity contribution is 5.85. The molecule has 0 radical (unpaired) electrons. The van der Waals surface area contributed by atoms with Crippen molar-refractivity contribution in [2.24, 2.45) is 0 Å². The molecule has 0 aliphatic carbocycles. The van der Waals surface area contributed by atoms with Crippen LogP contribution in [0.2, 0.25) is 0 Å². The summed E-state index contributed by atoms with van der Waals surface area (Å²) in [4.78, 5) is 34.4. The van der Waals surface area contributed by atoms with Gasteiger partial charge in [0.25, 0.3) is 0 Å². The molecule has 2 aromatic carbocycles. The Bertz CT molecular complexity index is 1520. The molecule has 0 saturated carbocycles. The summed E-state index contributed by atoms with van der Waals surface area (Å²) in [7, 11) is 1.77. The second-order valence-corrected chi connectivity index (χ2v) is 8.43. The summed E-state index contributed by atoms with van der Waals surface area (Å²) in [6.07, 6.45) is 6.58. The highest BCUT2D eigenvalue weighted by atomic mass is 19.1. The summed E-state index contributed by atoms with van der Waals surface area (Å²) in [6.45, 7) is 4.30. The smallest absolute Gasteiger partial charge is 0.339 e. The van der Waals surface area contributed by atoms with Crippen LogP contribution in [0, 0.1) is 0 Å². The topological polar surface area (TPSA) is 99.0 Å². The average Bonchev–Trinajstić information content (AvgIpc) is 3.21. The van der Waals surface area contributed by atoms with Crippen LogP contribution in [0.4, 0.5) is 15.9 Å². The zero-order valence-corrected chi connectivity index (χ0v) is 20.3. The van der Waals surface area contributed by atoms with E-state index in [0.29, 0.717) is 28.5 Å². The number of nitrogens with two attached hydrogens (primary N) is 1. The van der Waals surface area contributed by atoms with E-state index >= 15 is 0 Å². The molecule has 1 unspecified atom stereocenters. The minimum atomic E-state index is -0.873. The molecule has 9 heteroatoms. The minimum absolute atomic E-state index is 0.138. The molecule has 36 heavy (non-hydrogen) atoms. The lowest BCUT2D eigenvalue weighted by molar-refractivity contribution is -0.106. The van der Waals surface area contributed by atoms with Crippen molar-refractivity contribution in [3.8, 4) is 11.4 Å². The third-order valence-electron chi connectivity index (χ3n) is 6.15. The number of halogens is 1. The van der Waals surface area contributed by atoms with E-state index in [9.17, 15) is 14.0 Å². The first-order chi connectivity index (χ1) is 17.3. The van der Waals surface area contributed by atoms with Gasteiger partial charge in [0, 0.05) is 18.9 Å². The SMILES string of the molecule is CCC(C)c1ccc(-n2c(=O)n(-c3cccc(N(C)/C=C\C=C(\F)C=O)c3)c3ncnc(N)c32)cc1. The van der Waals surface area contributed by atoms with Crippen molar-refractivity contribution in [1.29, 1.82) is 0 Å². The van der Waals surface area contributed by atoms with E-state index in [-0.39, 0.29) is 17.8 Å². The summed E-state index contributed by atoms with van der Waals surface area (Å²) < 4.78 is 16.1. The molecular weight excluding hydrogens is 459 g/mol. The number of carbonyl (C=O) groups excluding carboxylic acids is 1. The third kappa shape index (κ3) is 4.68. The minimum Gasteiger partial charge on any atom is -0.382 e. The van der Waals surface area contributed by atoms with Crippen molar-refractivity contribution in [3.05, 3.63) is 95.1 Å². The molecule has 2 N–H and O–H groups in total. The maximum Gasteiger partial charge on any atom is 0.339 e. The normalized spacial score (nSPS) is 12.8. The Morgan fingerprint density at radius 2 is 1.89 bits per heavy atom. The number of carbonyl (C=O) groups is 1. The molecule has 4 aromatic rings. The third-order valence-corrected chi connectivity index (χ3v) is 6.15. The van der Waals surface area contributed by atoms with Crippen molar-refractivity contribution in [2.75, 3.05) is 17.7 Å². The van der Waals surface area contributed by atoms with E-state index in [2.05, 4.69) is 23.8 Å². The fourth-order valence-electron chi connectivity index (χ4n) is 3.95. The van der Waals surface area contributed by atoms with Gasteiger partial charge in [0.05, 0.1) is 11.4 Å². The molecule has 0 spiro atoms. The number of nitrogens with zero attached hydrogens (tertiary/aromatic N) is 5. The number of hydrogen-bond acceptors (Lipinski definition) is 6. The Morgan fingerprint density at radius 1 is 1.14 bits per heavy atom. The van der Waals surface area contributed by atoms with Gasteiger partial charge in [0.1, 0.15) is 11.8 Å². The number of benzene rings is 2. The molecule has 1 atom stereocenters. The molecule has 2 heterocycles. The van der Waals surface area contributed by atoms with E-state index in [1.54, 1.807) is 36.3 Å². The Labute approximate surface area is 207 Å². The number of allylic oxidation sites excluding steroid dienone is 3. The van der Waals surface area contributed by atoms with Gasteiger partial charge in [-0.15, -0.1) is 0 Å². The Balaban J connectivity index is 1.84. The van der Waals surface area contributed by atoms with E-state index in [1.165, 1.54) is 27.1 Å². The molecule has 0 aliphatic rings. The summed E-state index contributed by atoms with van der Waals surface area (Å²) in [5.74, 6) is -0.269. The molecule has 0 bridgehead atoms. The van der Waals surface area contributed by atoms with Crippen molar-refractivity contribution >= 4 is 29.0 Å². The summed E-state index contributed by atoms with van der Waals surface area (Å²) in [5, 5.41) is 0. The van der Waals surface area contributed by atoms with Crippen LogP contribution in [-0.2, 0) is 4.79 Å². The Hall–Kier alpha value is -4.53. The second kappa shape index (κ2) is 10.4. The predicted molar refractivity (Wildman–Crippen MR) is 140 cm³/mol. The lowest BCUT2D eigenvalue weighted by atomic mass is 9.98. The highest BCUT2D eigenvalue weighted by Crippen LogP contribution is 2.26. The van der Waals surface area contributed by atoms with Crippen LogP contribution < -0.4 is 16.3 Å². The van der Waals surface area contributed by atoms with Gasteiger partial charge in [-0.25, -0.2) is 23.7 Å². The van der Waals surface area contributed by atoms with E-state index in [1.807, 2.05) is 30.3 Å². The van der Waals surface area contributed by atoms with Crippen LogP contribution in [0.1, 0.15) is 31.7 Å². The molecule has 0 fully saturated rings. The first-order valence-corrected chi connectivity index (χ1v) is 11.5. The van der Waals surface area contributed by atoms with Crippen LogP contribution in [0.25, 0.3) is 22.5 Å². The standard InChI is InChI=1S/C27H27FN6O2/c1-4-18(2)19-10-12-21(13-11-19)33-24-25(29)30-17-31-26(24)34(27(33)36)23-9-5-8-22(15-23)32(3)14-6-7-20(28)16-35/h5-18H,4H2,1-3H3,(H2,29,30,31)/b14-6-,20-7+. The van der Waals surface area contributed by atoms with Crippen molar-refractivity contribution in [2.45, 2.75) is 26.2 Å². The number of imidazole rings is 1. The maximum absolute atomic E-state index is 13.8. The van der Waals surface area contributed by atoms with Crippen molar-refractivity contribution in [1.82, 2.24) is 19.1 Å². The second-order valence-electron chi connectivity index (χ2n) is 8.43. The van der Waals surface area contributed by atoms with Gasteiger partial charge in [-0.3, -0.25) is 9.36 Å². The van der Waals surface area contributed by atoms with Gasteiger partial charge in [-0.1, -0.05) is 32.0 Å². The summed E-state index contributed by atoms with van der Waals surface area (Å²) in [6, 6.07) is 15.1. The van der Waals surface area contributed by atoms with Crippen LogP contribution >= 0.6 is 0 Å². The predicted octanol–water partition coefficient (Wildman–Crippen LogP) is 4.67. The van der Waals surface area contributed by atoms with Crippen LogP contribution in [0.15, 0.2) is 83.8 Å². The zero-order valence-electron chi connectivity index (χ0n) is 20.3. The van der Waals surface area contributed by atoms with Gasteiger partial charge < -0.3 is 10.6 Å². The monoisotopic (exact) mass is 486 g/mol. The van der Waals surface area contributed by atoms with Gasteiger partial charge >= 0.3 is 5.69 Å². The lowest BCUT2D eigenvalue weighted by Crippen LogP contribution is -2.22. The number of aromatic nitrogens is 4. The lowest BCUT2D eigenvalue weighted by Gasteiger charge is -2.15. The Morgan fingerprint density at radius 3 is 2.58 bits per heavy atom. The number of anilines is 2. The van der Waals surface area contributed by atoms with Crippen molar-refractivity contribution < 1.29 is 9.18 Å². The molecular formula is C27H27FN6O2. The summed E-state index contributed by atoms with van der Waals surface area (Å²) in [5.41, 5.74) is 9.85. The number of aldehydes is 1. The largest absolute Gasteiger partial charge is 0.382 e. The molecule has 0 aliphatic heterocycles. The number of nitrogen functional groups attached to an aromatic ring is 1. The van der Waals surface area contributed by atoms with Gasteiger partial charge in [-0.05, 0) is 60.4 Å². The van der Waals surface area contributed by atoms with E-state index < -0.39 is 5.83 Å². The van der Waals surface area contributed by atoms with Gasteiger partial charge in [0.15, 0.2) is 23.6 Å². The number of hydrogen-bond donors (Lipinski definition) is 1. The molecule has 0 amide bonds. The molecule has 2 aromatic heterocycles. The molecule has 4 rings (SSSR count). The highest BCUT2D eigenvalue weighted by Gasteiger charge is 2.20. The number of fused-ring (bicyclic) bond motifs is 1. The average molecular weight is 487 g/mol. The van der Waals surface area contributed by atoms with Crippen LogP contribution in [-0.4, -0.2) is 32.4 Å². The molecule has 0 saturated heterocycles. The van der Waals surface area contributed by atoms with Gasteiger partial charge in [0.2, 0.25) is 0 Å². The first-order valence-electron chi connectivity index (χ1n) is 11.5. The van der Waals surface area contributed by atoms with Crippen LogP contribution in [0.5, 0.6) is 0 Å². The quantitative estimate of drug-likeness (QED) is 0.221. The van der Waals surface area contributed by atoms with Crippen LogP contribution in [0.3, 0.4) is 0 Å². The fraction of sp³-hybridized carbons (Fsp3) is 0.185. The van der Waals surface area contributed by atoms with Crippen molar-refractivity contribution in [3.63, 3.8) is 0 Å². The Kier molecular flexibility index (Phi) is 7.10. The maximum atomic E-state index is 13.8. The molecule has 184 valence electrons. The zero-order chi connectivity index (χ0) is 25.8. The first kappa shape index (κ1) is 24.6. The summed E-state index contributed by atoms with van der Waals surface area (Å²) >= 11 is 0. The number of rotatable bonds is 8.